The zero-order valence-corrected chi connectivity index (χ0v) is 18.8. The number of hydrogen-bond donors (Lipinski definition) is 2. The molecule has 2 unspecified atom stereocenters. The molecule has 2 aromatic rings. The van der Waals surface area contributed by atoms with E-state index in [9.17, 15) is 14.3 Å². The summed E-state index contributed by atoms with van der Waals surface area (Å²) in [4.78, 5) is 14.5. The van der Waals surface area contributed by atoms with Crippen molar-refractivity contribution >= 4 is 17.5 Å². The van der Waals surface area contributed by atoms with Crippen LogP contribution in [-0.2, 0) is 0 Å². The lowest BCUT2D eigenvalue weighted by molar-refractivity contribution is 0.0935. The van der Waals surface area contributed by atoms with Crippen LogP contribution in [0.1, 0.15) is 61.6 Å². The number of carbonyl (C=O) groups excluding carboxylic acids is 1. The van der Waals surface area contributed by atoms with Crippen molar-refractivity contribution in [3.05, 3.63) is 63.9 Å². The van der Waals surface area contributed by atoms with Crippen molar-refractivity contribution in [1.29, 1.82) is 0 Å². The molecule has 0 fully saturated rings. The van der Waals surface area contributed by atoms with Gasteiger partial charge >= 0.3 is 0 Å². The number of hydrogen-bond acceptors (Lipinski definition) is 3. The molecule has 29 heavy (non-hydrogen) atoms. The molecule has 4 nitrogen and oxygen atoms in total. The van der Waals surface area contributed by atoms with E-state index < -0.39 is 5.82 Å². The van der Waals surface area contributed by atoms with Crippen LogP contribution in [0.15, 0.2) is 36.4 Å². The van der Waals surface area contributed by atoms with Gasteiger partial charge in [-0.3, -0.25) is 9.69 Å². The third kappa shape index (κ3) is 7.33. The Labute approximate surface area is 178 Å². The van der Waals surface area contributed by atoms with Crippen molar-refractivity contribution in [1.82, 2.24) is 10.2 Å². The quantitative estimate of drug-likeness (QED) is 0.599. The van der Waals surface area contributed by atoms with E-state index in [2.05, 4.69) is 17.1 Å². The van der Waals surface area contributed by atoms with Gasteiger partial charge in [-0.2, -0.15) is 0 Å². The zero-order valence-electron chi connectivity index (χ0n) is 18.1. The lowest BCUT2D eigenvalue weighted by Gasteiger charge is -2.27. The first kappa shape index (κ1) is 24.9. The molecule has 0 aliphatic carbocycles. The molecule has 0 saturated carbocycles. The van der Waals surface area contributed by atoms with Crippen LogP contribution in [0.5, 0.6) is 5.75 Å². The van der Waals surface area contributed by atoms with Gasteiger partial charge in [0.05, 0.1) is 5.02 Å². The van der Waals surface area contributed by atoms with Crippen LogP contribution < -0.4 is 5.32 Å². The van der Waals surface area contributed by atoms with Crippen LogP contribution in [0.2, 0.25) is 5.02 Å². The Hall–Kier alpha value is -2.11. The maximum Gasteiger partial charge on any atom is 0.251 e. The van der Waals surface area contributed by atoms with Crippen molar-refractivity contribution in [2.75, 3.05) is 13.6 Å². The minimum absolute atomic E-state index is 0.0445. The number of nitrogens with one attached hydrogen (secondary N) is 1. The predicted octanol–water partition coefficient (Wildman–Crippen LogP) is 5.72. The van der Waals surface area contributed by atoms with Crippen LogP contribution in [0, 0.1) is 12.7 Å². The fourth-order valence-electron chi connectivity index (χ4n) is 2.97. The monoisotopic (exact) mass is 422 g/mol. The lowest BCUT2D eigenvalue weighted by Crippen LogP contribution is -2.36. The zero-order chi connectivity index (χ0) is 22.1. The molecule has 160 valence electrons. The number of aromatic hydroxyl groups is 1. The van der Waals surface area contributed by atoms with E-state index in [0.29, 0.717) is 5.56 Å². The highest BCUT2D eigenvalue weighted by molar-refractivity contribution is 6.31. The fourth-order valence-corrected chi connectivity index (χ4v) is 3.15. The highest BCUT2D eigenvalue weighted by Crippen LogP contribution is 2.25. The second-order valence-electron chi connectivity index (χ2n) is 6.99. The number of amides is 1. The van der Waals surface area contributed by atoms with Gasteiger partial charge in [-0.1, -0.05) is 31.5 Å². The summed E-state index contributed by atoms with van der Waals surface area (Å²) < 4.78 is 13.2. The Morgan fingerprint density at radius 1 is 1.21 bits per heavy atom. The Morgan fingerprint density at radius 2 is 1.86 bits per heavy atom. The average Bonchev–Trinajstić information content (AvgIpc) is 2.69. The summed E-state index contributed by atoms with van der Waals surface area (Å²) in [5.41, 5.74) is 2.55. The van der Waals surface area contributed by atoms with Gasteiger partial charge in [-0.05, 0) is 75.7 Å². The molecular weight excluding hydrogens is 391 g/mol. The maximum atomic E-state index is 13.2. The molecule has 0 saturated heterocycles. The molecule has 2 rings (SSSR count). The van der Waals surface area contributed by atoms with Crippen molar-refractivity contribution in [2.24, 2.45) is 0 Å². The second-order valence-corrected chi connectivity index (χ2v) is 7.40. The van der Waals surface area contributed by atoms with E-state index in [0.717, 1.165) is 24.1 Å². The van der Waals surface area contributed by atoms with E-state index in [1.165, 1.54) is 18.2 Å². The molecule has 2 N–H and O–H groups in total. The number of carbonyl (C=O) groups is 1. The minimum Gasteiger partial charge on any atom is -0.508 e. The van der Waals surface area contributed by atoms with E-state index in [1.54, 1.807) is 12.1 Å². The number of aryl methyl sites for hydroxylation is 1. The number of rotatable bonds is 7. The normalized spacial score (nSPS) is 12.7. The highest BCUT2D eigenvalue weighted by atomic mass is 35.5. The Bertz CT molecular complexity index is 813. The third-order valence-corrected chi connectivity index (χ3v) is 5.13. The van der Waals surface area contributed by atoms with Crippen LogP contribution in [0.4, 0.5) is 4.39 Å². The molecule has 0 aliphatic heterocycles. The maximum absolute atomic E-state index is 13.2. The molecule has 0 aliphatic rings. The number of benzene rings is 2. The lowest BCUT2D eigenvalue weighted by atomic mass is 10.0. The van der Waals surface area contributed by atoms with Crippen molar-refractivity contribution in [3.8, 4) is 5.75 Å². The molecular formula is C23H32ClFN2O2. The van der Waals surface area contributed by atoms with Crippen molar-refractivity contribution in [3.63, 3.8) is 0 Å². The minimum atomic E-state index is -0.540. The second kappa shape index (κ2) is 11.8. The number of phenols is 1. The van der Waals surface area contributed by atoms with E-state index >= 15 is 0 Å². The summed E-state index contributed by atoms with van der Waals surface area (Å²) in [6.07, 6.45) is 0.763. The standard InChI is InChI=1S/C21H26ClFN2O2.C2H6/c1-13-11-17(26)6-7-18(13)15(3)25(4)10-9-14(2)24-21(27)16-5-8-20(23)19(22)12-16;1-2/h5-8,11-12,14-15,26H,9-10H2,1-4H3,(H,24,27);1-2H3. The Kier molecular flexibility index (Phi) is 10.1. The summed E-state index contributed by atoms with van der Waals surface area (Å²) in [5, 5.41) is 12.4. The predicted molar refractivity (Wildman–Crippen MR) is 118 cm³/mol. The molecule has 0 heterocycles. The molecule has 2 atom stereocenters. The van der Waals surface area contributed by atoms with Crippen LogP contribution in [0.25, 0.3) is 0 Å². The van der Waals surface area contributed by atoms with Gasteiger partial charge in [-0.15, -0.1) is 0 Å². The van der Waals surface area contributed by atoms with Crippen molar-refractivity contribution in [2.45, 2.75) is 53.1 Å². The van der Waals surface area contributed by atoms with Gasteiger partial charge in [0.1, 0.15) is 11.6 Å². The Morgan fingerprint density at radius 3 is 2.45 bits per heavy atom. The van der Waals surface area contributed by atoms with Gasteiger partial charge in [0.25, 0.3) is 5.91 Å². The molecule has 0 spiro atoms. The molecule has 1 amide bonds. The molecule has 0 bridgehead atoms. The summed E-state index contributed by atoms with van der Waals surface area (Å²) >= 11 is 5.74. The van der Waals surface area contributed by atoms with Gasteiger partial charge in [0, 0.05) is 24.2 Å². The summed E-state index contributed by atoms with van der Waals surface area (Å²) in [6, 6.07) is 9.49. The molecule has 0 aromatic heterocycles. The molecule has 6 heteroatoms. The number of phenolic OH excluding ortho intramolecular Hbond substituents is 1. The van der Waals surface area contributed by atoms with Crippen LogP contribution in [0.3, 0.4) is 0 Å². The van der Waals surface area contributed by atoms with E-state index in [-0.39, 0.29) is 28.8 Å². The summed E-state index contributed by atoms with van der Waals surface area (Å²) in [6.45, 7) is 10.8. The fraction of sp³-hybridized carbons (Fsp3) is 0.435. The largest absolute Gasteiger partial charge is 0.508 e. The average molecular weight is 423 g/mol. The van der Waals surface area contributed by atoms with Gasteiger partial charge in [-0.25, -0.2) is 4.39 Å². The van der Waals surface area contributed by atoms with E-state index in [4.69, 9.17) is 11.6 Å². The van der Waals surface area contributed by atoms with Gasteiger partial charge < -0.3 is 10.4 Å². The topological polar surface area (TPSA) is 52.6 Å². The van der Waals surface area contributed by atoms with Crippen LogP contribution >= 0.6 is 11.6 Å². The highest BCUT2D eigenvalue weighted by Gasteiger charge is 2.16. The third-order valence-electron chi connectivity index (χ3n) is 4.84. The number of nitrogens with zero attached hydrogens (tertiary/aromatic N) is 1. The summed E-state index contributed by atoms with van der Waals surface area (Å²) in [7, 11) is 2.03. The van der Waals surface area contributed by atoms with Gasteiger partial charge in [0.15, 0.2) is 0 Å². The summed E-state index contributed by atoms with van der Waals surface area (Å²) in [5.74, 6) is -0.542. The smallest absolute Gasteiger partial charge is 0.251 e. The van der Waals surface area contributed by atoms with Crippen molar-refractivity contribution < 1.29 is 14.3 Å². The van der Waals surface area contributed by atoms with E-state index in [1.807, 2.05) is 40.8 Å². The Balaban J connectivity index is 0.00000204. The molecule has 2 aromatic carbocycles. The number of halogens is 2. The first-order chi connectivity index (χ1) is 13.7. The molecule has 0 radical (unpaired) electrons. The first-order valence-corrected chi connectivity index (χ1v) is 10.3. The first-order valence-electron chi connectivity index (χ1n) is 9.94. The van der Waals surface area contributed by atoms with Crippen LogP contribution in [-0.4, -0.2) is 35.5 Å². The SMILES string of the molecule is CC.Cc1cc(O)ccc1C(C)N(C)CCC(C)NC(=O)c1ccc(F)c(Cl)c1. The van der Waals surface area contributed by atoms with Gasteiger partial charge in [0.2, 0.25) is 0 Å².